The molecule has 0 bridgehead atoms. The number of ether oxygens (including phenoxy) is 2. The zero-order valence-electron chi connectivity index (χ0n) is 12.2. The number of alkyl halides is 2. The van der Waals surface area contributed by atoms with Crippen LogP contribution in [0.1, 0.15) is 0 Å². The second-order valence-electron chi connectivity index (χ2n) is 4.81. The second-order valence-corrected chi connectivity index (χ2v) is 7.56. The van der Waals surface area contributed by atoms with Gasteiger partial charge in [0, 0.05) is 16.6 Å². The Morgan fingerprint density at radius 1 is 1.00 bits per heavy atom. The van der Waals surface area contributed by atoms with Crippen LogP contribution in [-0.4, -0.2) is 27.4 Å². The van der Waals surface area contributed by atoms with Gasteiger partial charge in [-0.3, -0.25) is 4.72 Å². The van der Waals surface area contributed by atoms with Crippen LogP contribution in [0.15, 0.2) is 52.3 Å². The lowest BCUT2D eigenvalue weighted by Gasteiger charge is -2.19. The molecule has 0 saturated heterocycles. The lowest BCUT2D eigenvalue weighted by atomic mass is 10.3. The van der Waals surface area contributed by atoms with Crippen molar-refractivity contribution in [2.24, 2.45) is 0 Å². The van der Waals surface area contributed by atoms with E-state index < -0.39 is 15.8 Å². The molecule has 0 fully saturated rings. The topological polar surface area (TPSA) is 64.6 Å². The normalized spacial score (nSPS) is 13.8. The fourth-order valence-electron chi connectivity index (χ4n) is 2.11. The number of rotatable bonds is 5. The largest absolute Gasteiger partial charge is 0.486 e. The number of hydrogen-bond acceptors (Lipinski definition) is 5. The lowest BCUT2D eigenvalue weighted by molar-refractivity contribution is 0.171. The highest BCUT2D eigenvalue weighted by molar-refractivity contribution is 7.99. The third kappa shape index (κ3) is 3.90. The van der Waals surface area contributed by atoms with Gasteiger partial charge in [0.2, 0.25) is 0 Å². The number of benzene rings is 2. The van der Waals surface area contributed by atoms with Gasteiger partial charge in [0.05, 0.1) is 4.90 Å². The SMILES string of the molecule is O=S(=O)(Nc1ccc(SC(F)F)cc1)c1ccc2c(c1)OCCO2. The molecule has 1 N–H and O–H groups in total. The molecule has 0 atom stereocenters. The Hall–Kier alpha value is -2.00. The van der Waals surface area contributed by atoms with Gasteiger partial charge in [-0.25, -0.2) is 8.42 Å². The van der Waals surface area contributed by atoms with Gasteiger partial charge in [-0.05, 0) is 36.4 Å². The molecule has 1 aliphatic heterocycles. The molecule has 0 aliphatic carbocycles. The van der Waals surface area contributed by atoms with Crippen molar-refractivity contribution in [3.05, 3.63) is 42.5 Å². The van der Waals surface area contributed by atoms with Crippen LogP contribution in [0.2, 0.25) is 0 Å². The van der Waals surface area contributed by atoms with E-state index in [0.717, 1.165) is 0 Å². The summed E-state index contributed by atoms with van der Waals surface area (Å²) < 4.78 is 62.5. The minimum Gasteiger partial charge on any atom is -0.486 e. The number of sulfonamides is 1. The van der Waals surface area contributed by atoms with Gasteiger partial charge in [0.25, 0.3) is 15.8 Å². The third-order valence-corrected chi connectivity index (χ3v) is 5.26. The summed E-state index contributed by atoms with van der Waals surface area (Å²) in [4.78, 5) is 0.380. The molecule has 128 valence electrons. The maximum absolute atomic E-state index is 12.4. The summed E-state index contributed by atoms with van der Waals surface area (Å²) in [6, 6.07) is 10.1. The monoisotopic (exact) mass is 373 g/mol. The molecule has 0 saturated carbocycles. The first-order valence-electron chi connectivity index (χ1n) is 6.91. The minimum atomic E-state index is -3.82. The number of thioether (sulfide) groups is 1. The first-order chi connectivity index (χ1) is 11.4. The predicted molar refractivity (Wildman–Crippen MR) is 86.5 cm³/mol. The Bertz CT molecular complexity index is 826. The Kier molecular flexibility index (Phi) is 4.81. The molecule has 0 aromatic heterocycles. The first kappa shape index (κ1) is 16.8. The average molecular weight is 373 g/mol. The van der Waals surface area contributed by atoms with E-state index in [-0.39, 0.29) is 10.6 Å². The van der Waals surface area contributed by atoms with Gasteiger partial charge in [0.1, 0.15) is 13.2 Å². The lowest BCUT2D eigenvalue weighted by Crippen LogP contribution is -2.17. The van der Waals surface area contributed by atoms with Crippen molar-refractivity contribution in [1.82, 2.24) is 0 Å². The Labute approximate surface area is 142 Å². The molecule has 0 amide bonds. The van der Waals surface area contributed by atoms with Crippen LogP contribution in [0.3, 0.4) is 0 Å². The Balaban J connectivity index is 1.78. The Morgan fingerprint density at radius 2 is 1.67 bits per heavy atom. The van der Waals surface area contributed by atoms with Crippen LogP contribution in [0.5, 0.6) is 11.5 Å². The van der Waals surface area contributed by atoms with Gasteiger partial charge in [-0.15, -0.1) is 0 Å². The minimum absolute atomic E-state index is 0.0257. The number of hydrogen-bond donors (Lipinski definition) is 1. The molecule has 9 heteroatoms. The first-order valence-corrected chi connectivity index (χ1v) is 9.28. The summed E-state index contributed by atoms with van der Waals surface area (Å²) in [6.45, 7) is 0.771. The standard InChI is InChI=1S/C15H13F2NO4S2/c16-15(17)23-11-3-1-10(2-4-11)18-24(19,20)12-5-6-13-14(9-12)22-8-7-21-13/h1-6,9,15,18H,7-8H2. The zero-order chi connectivity index (χ0) is 17.2. The van der Waals surface area contributed by atoms with Crippen LogP contribution in [-0.2, 0) is 10.0 Å². The summed E-state index contributed by atoms with van der Waals surface area (Å²) in [5.74, 6) is -1.66. The van der Waals surface area contributed by atoms with Crippen molar-refractivity contribution in [2.45, 2.75) is 15.5 Å². The van der Waals surface area contributed by atoms with Gasteiger partial charge < -0.3 is 9.47 Å². The highest BCUT2D eigenvalue weighted by atomic mass is 32.2. The molecule has 0 unspecified atom stereocenters. The number of halogens is 2. The fraction of sp³-hybridized carbons (Fsp3) is 0.200. The average Bonchev–Trinajstić information content (AvgIpc) is 2.55. The van der Waals surface area contributed by atoms with Crippen molar-refractivity contribution in [3.63, 3.8) is 0 Å². The van der Waals surface area contributed by atoms with Gasteiger partial charge in [0.15, 0.2) is 11.5 Å². The highest BCUT2D eigenvalue weighted by Crippen LogP contribution is 2.33. The van der Waals surface area contributed by atoms with Crippen LogP contribution >= 0.6 is 11.8 Å². The number of anilines is 1. The van der Waals surface area contributed by atoms with E-state index in [0.29, 0.717) is 41.4 Å². The summed E-state index contributed by atoms with van der Waals surface area (Å²) in [5.41, 5.74) is 0.281. The summed E-state index contributed by atoms with van der Waals surface area (Å²) in [5, 5.41) is 0. The highest BCUT2D eigenvalue weighted by Gasteiger charge is 2.19. The summed E-state index contributed by atoms with van der Waals surface area (Å²) >= 11 is 0.396. The Morgan fingerprint density at radius 3 is 2.33 bits per heavy atom. The van der Waals surface area contributed by atoms with E-state index in [1.807, 2.05) is 0 Å². The van der Waals surface area contributed by atoms with Crippen molar-refractivity contribution in [3.8, 4) is 11.5 Å². The van der Waals surface area contributed by atoms with Crippen LogP contribution in [0.4, 0.5) is 14.5 Å². The van der Waals surface area contributed by atoms with E-state index in [9.17, 15) is 17.2 Å². The predicted octanol–water partition coefficient (Wildman–Crippen LogP) is 3.57. The van der Waals surface area contributed by atoms with E-state index in [1.54, 1.807) is 0 Å². The van der Waals surface area contributed by atoms with Crippen molar-refractivity contribution in [2.75, 3.05) is 17.9 Å². The maximum atomic E-state index is 12.4. The van der Waals surface area contributed by atoms with Crippen molar-refractivity contribution < 1.29 is 26.7 Å². The second kappa shape index (κ2) is 6.86. The molecule has 0 spiro atoms. The zero-order valence-corrected chi connectivity index (χ0v) is 13.9. The van der Waals surface area contributed by atoms with E-state index in [2.05, 4.69) is 4.72 Å². The van der Waals surface area contributed by atoms with E-state index >= 15 is 0 Å². The fourth-order valence-corrected chi connectivity index (χ4v) is 3.68. The van der Waals surface area contributed by atoms with E-state index in [4.69, 9.17) is 9.47 Å². The molecule has 2 aromatic rings. The molecular formula is C15H13F2NO4S2. The quantitative estimate of drug-likeness (QED) is 0.812. The third-order valence-electron chi connectivity index (χ3n) is 3.16. The molecule has 2 aromatic carbocycles. The molecule has 24 heavy (non-hydrogen) atoms. The summed E-state index contributed by atoms with van der Waals surface area (Å²) in [7, 11) is -3.82. The van der Waals surface area contributed by atoms with E-state index in [1.165, 1.54) is 42.5 Å². The summed E-state index contributed by atoms with van der Waals surface area (Å²) in [6.07, 6.45) is 0. The van der Waals surface area contributed by atoms with Crippen LogP contribution in [0.25, 0.3) is 0 Å². The molecule has 1 aliphatic rings. The molecule has 5 nitrogen and oxygen atoms in total. The number of fused-ring (bicyclic) bond motifs is 1. The molecule has 0 radical (unpaired) electrons. The maximum Gasteiger partial charge on any atom is 0.288 e. The number of nitrogens with one attached hydrogen (secondary N) is 1. The van der Waals surface area contributed by atoms with Crippen molar-refractivity contribution >= 4 is 27.5 Å². The van der Waals surface area contributed by atoms with Gasteiger partial charge >= 0.3 is 0 Å². The van der Waals surface area contributed by atoms with Crippen LogP contribution in [0, 0.1) is 0 Å². The van der Waals surface area contributed by atoms with Gasteiger partial charge in [-0.2, -0.15) is 8.78 Å². The van der Waals surface area contributed by atoms with Crippen LogP contribution < -0.4 is 14.2 Å². The smallest absolute Gasteiger partial charge is 0.288 e. The molecule has 1 heterocycles. The molecule has 3 rings (SSSR count). The molecular weight excluding hydrogens is 360 g/mol. The van der Waals surface area contributed by atoms with Gasteiger partial charge in [-0.1, -0.05) is 11.8 Å². The van der Waals surface area contributed by atoms with Crippen molar-refractivity contribution in [1.29, 1.82) is 0 Å².